The van der Waals surface area contributed by atoms with Gasteiger partial charge in [0.25, 0.3) is 0 Å². The van der Waals surface area contributed by atoms with Gasteiger partial charge in [-0.1, -0.05) is 188 Å². The maximum atomic E-state index is 6.30. The van der Waals surface area contributed by atoms with Crippen molar-refractivity contribution in [3.8, 4) is 67.0 Å². The van der Waals surface area contributed by atoms with Crippen LogP contribution in [0.2, 0.25) is 0 Å². The summed E-state index contributed by atoms with van der Waals surface area (Å²) in [7, 11) is 0. The molecule has 280 valence electrons. The quantitative estimate of drug-likeness (QED) is 0.146. The monoisotopic (exact) mass is 755 g/mol. The van der Waals surface area contributed by atoms with E-state index in [9.17, 15) is 0 Å². The first-order valence-electron chi connectivity index (χ1n) is 20.2. The fourth-order valence-electron chi connectivity index (χ4n) is 8.19. The van der Waals surface area contributed by atoms with Crippen molar-refractivity contribution < 1.29 is 4.42 Å². The second-order valence-corrected chi connectivity index (χ2v) is 15.0. The Bertz CT molecular complexity index is 3000. The number of nitrogens with zero attached hydrogens (tertiary/aromatic N) is 1. The SMILES string of the molecule is Cc1c(-c2cccc(-c3ccc(-c4ccc(N(c5ccc(-c6ccccc6)cc5)c5ccccc5-c5ccc(-c6ccccc6)cc5)cc4)cc3)c2)oc2ccccc12. The van der Waals surface area contributed by atoms with Gasteiger partial charge in [-0.3, -0.25) is 0 Å². The van der Waals surface area contributed by atoms with Crippen LogP contribution in [0.25, 0.3) is 77.9 Å². The number of aryl methyl sites for hydroxylation is 1. The molecule has 10 aromatic rings. The van der Waals surface area contributed by atoms with Crippen LogP contribution in [0.15, 0.2) is 235 Å². The van der Waals surface area contributed by atoms with Gasteiger partial charge in [0.15, 0.2) is 0 Å². The molecule has 0 amide bonds. The van der Waals surface area contributed by atoms with Crippen LogP contribution in [0.4, 0.5) is 17.1 Å². The van der Waals surface area contributed by atoms with Gasteiger partial charge in [0.2, 0.25) is 0 Å². The maximum absolute atomic E-state index is 6.30. The molecule has 0 fully saturated rings. The molecule has 0 aliphatic carbocycles. The Hall–Kier alpha value is -7.68. The smallest absolute Gasteiger partial charge is 0.138 e. The molecule has 0 atom stereocenters. The molecule has 0 aliphatic heterocycles. The van der Waals surface area contributed by atoms with E-state index in [4.69, 9.17) is 4.42 Å². The third-order valence-corrected chi connectivity index (χ3v) is 11.3. The van der Waals surface area contributed by atoms with Gasteiger partial charge in [-0.2, -0.15) is 0 Å². The lowest BCUT2D eigenvalue weighted by Gasteiger charge is -2.28. The third-order valence-electron chi connectivity index (χ3n) is 11.3. The highest BCUT2D eigenvalue weighted by Crippen LogP contribution is 2.42. The van der Waals surface area contributed by atoms with Gasteiger partial charge in [-0.25, -0.2) is 0 Å². The zero-order valence-corrected chi connectivity index (χ0v) is 32.8. The molecule has 0 saturated carbocycles. The summed E-state index contributed by atoms with van der Waals surface area (Å²) in [5.41, 5.74) is 18.3. The van der Waals surface area contributed by atoms with Crippen molar-refractivity contribution in [3.63, 3.8) is 0 Å². The number of furan rings is 1. The molecule has 0 unspecified atom stereocenters. The van der Waals surface area contributed by atoms with Gasteiger partial charge in [0, 0.05) is 33.5 Å². The summed E-state index contributed by atoms with van der Waals surface area (Å²) >= 11 is 0. The summed E-state index contributed by atoms with van der Waals surface area (Å²) in [6.45, 7) is 2.14. The van der Waals surface area contributed by atoms with Crippen molar-refractivity contribution in [2.24, 2.45) is 0 Å². The van der Waals surface area contributed by atoms with E-state index >= 15 is 0 Å². The normalized spacial score (nSPS) is 11.1. The molecular formula is C57H41NO. The second-order valence-electron chi connectivity index (χ2n) is 15.0. The predicted molar refractivity (Wildman–Crippen MR) is 248 cm³/mol. The van der Waals surface area contributed by atoms with Crippen molar-refractivity contribution in [1.29, 1.82) is 0 Å². The first kappa shape index (κ1) is 35.7. The Morgan fingerprint density at radius 3 is 1.29 bits per heavy atom. The lowest BCUT2D eigenvalue weighted by molar-refractivity contribution is 0.629. The fraction of sp³-hybridized carbons (Fsp3) is 0.0175. The van der Waals surface area contributed by atoms with E-state index in [0.29, 0.717) is 0 Å². The van der Waals surface area contributed by atoms with Crippen LogP contribution in [0.5, 0.6) is 0 Å². The molecule has 0 saturated heterocycles. The van der Waals surface area contributed by atoms with Crippen LogP contribution in [-0.4, -0.2) is 0 Å². The van der Waals surface area contributed by atoms with Crippen molar-refractivity contribution in [1.82, 2.24) is 0 Å². The molecule has 9 aromatic carbocycles. The first-order valence-corrected chi connectivity index (χ1v) is 20.2. The minimum Gasteiger partial charge on any atom is -0.456 e. The van der Waals surface area contributed by atoms with Gasteiger partial charge in [-0.05, 0) is 99.5 Å². The molecule has 2 nitrogen and oxygen atoms in total. The number of para-hydroxylation sites is 2. The number of rotatable bonds is 9. The Kier molecular flexibility index (Phi) is 9.50. The van der Waals surface area contributed by atoms with Crippen molar-refractivity contribution in [2.45, 2.75) is 6.92 Å². The summed E-state index contributed by atoms with van der Waals surface area (Å²) < 4.78 is 6.30. The number of anilines is 3. The van der Waals surface area contributed by atoms with Crippen LogP contribution in [0.3, 0.4) is 0 Å². The average Bonchev–Trinajstić information content (AvgIpc) is 3.66. The Morgan fingerprint density at radius 2 is 0.729 bits per heavy atom. The van der Waals surface area contributed by atoms with E-state index in [1.807, 2.05) is 12.1 Å². The molecule has 2 heteroatoms. The lowest BCUT2D eigenvalue weighted by Crippen LogP contribution is -2.11. The summed E-state index contributed by atoms with van der Waals surface area (Å²) in [5.74, 6) is 0.925. The highest BCUT2D eigenvalue weighted by Gasteiger charge is 2.18. The standard InChI is InChI=1S/C57H41NO/c1-40-53-19-9-11-22-56(53)59-57(40)50-18-12-17-49(39-50)47-25-23-44(24-26-47)46-33-37-52(38-34-46)58(51-35-31-45(32-36-51)42-15-6-3-7-16-42)55-21-10-8-20-54(55)48-29-27-43(28-30-48)41-13-4-2-5-14-41/h2-39H,1H3. The fourth-order valence-corrected chi connectivity index (χ4v) is 8.19. The Balaban J connectivity index is 0.974. The van der Waals surface area contributed by atoms with Crippen molar-refractivity contribution in [2.75, 3.05) is 4.90 Å². The summed E-state index contributed by atoms with van der Waals surface area (Å²) in [6, 6.07) is 82.3. The Labute approximate surface area is 345 Å². The van der Waals surface area contributed by atoms with Gasteiger partial charge < -0.3 is 9.32 Å². The molecule has 0 radical (unpaired) electrons. The van der Waals surface area contributed by atoms with Crippen LogP contribution >= 0.6 is 0 Å². The van der Waals surface area contributed by atoms with E-state index in [-0.39, 0.29) is 0 Å². The molecule has 0 N–H and O–H groups in total. The van der Waals surface area contributed by atoms with E-state index < -0.39 is 0 Å². The molecule has 0 spiro atoms. The zero-order chi connectivity index (χ0) is 39.5. The van der Waals surface area contributed by atoms with Gasteiger partial charge >= 0.3 is 0 Å². The summed E-state index contributed by atoms with van der Waals surface area (Å²) in [4.78, 5) is 2.37. The van der Waals surface area contributed by atoms with Crippen LogP contribution in [-0.2, 0) is 0 Å². The van der Waals surface area contributed by atoms with Crippen molar-refractivity contribution >= 4 is 28.0 Å². The van der Waals surface area contributed by atoms with Gasteiger partial charge in [0.05, 0.1) is 5.69 Å². The first-order chi connectivity index (χ1) is 29.2. The number of fused-ring (bicyclic) bond motifs is 1. The van der Waals surface area contributed by atoms with E-state index in [0.717, 1.165) is 50.5 Å². The highest BCUT2D eigenvalue weighted by atomic mass is 16.3. The van der Waals surface area contributed by atoms with Gasteiger partial charge in [-0.15, -0.1) is 0 Å². The topological polar surface area (TPSA) is 16.4 Å². The maximum Gasteiger partial charge on any atom is 0.138 e. The molecule has 59 heavy (non-hydrogen) atoms. The minimum atomic E-state index is 0.919. The van der Waals surface area contributed by atoms with Gasteiger partial charge in [0.1, 0.15) is 11.3 Å². The molecule has 0 bridgehead atoms. The largest absolute Gasteiger partial charge is 0.456 e. The highest BCUT2D eigenvalue weighted by molar-refractivity contribution is 5.90. The second kappa shape index (κ2) is 15.7. The Morgan fingerprint density at radius 1 is 0.322 bits per heavy atom. The lowest BCUT2D eigenvalue weighted by atomic mass is 9.97. The molecule has 1 heterocycles. The van der Waals surface area contributed by atoms with E-state index in [2.05, 4.69) is 230 Å². The molecular weight excluding hydrogens is 715 g/mol. The summed E-state index contributed by atoms with van der Waals surface area (Å²) in [6.07, 6.45) is 0. The number of hydrogen-bond acceptors (Lipinski definition) is 2. The molecule has 10 rings (SSSR count). The molecule has 0 aliphatic rings. The van der Waals surface area contributed by atoms with Crippen LogP contribution < -0.4 is 4.90 Å². The van der Waals surface area contributed by atoms with Crippen LogP contribution in [0.1, 0.15) is 5.56 Å². The van der Waals surface area contributed by atoms with Crippen molar-refractivity contribution in [3.05, 3.63) is 236 Å². The number of benzene rings is 9. The van der Waals surface area contributed by atoms with E-state index in [1.165, 1.54) is 50.1 Å². The average molecular weight is 756 g/mol. The zero-order valence-electron chi connectivity index (χ0n) is 32.8. The third kappa shape index (κ3) is 7.14. The van der Waals surface area contributed by atoms with Crippen LogP contribution in [0, 0.1) is 6.92 Å². The molecule has 1 aromatic heterocycles. The predicted octanol–water partition coefficient (Wildman–Crippen LogP) is 16.2. The summed E-state index contributed by atoms with van der Waals surface area (Å²) in [5, 5.41) is 1.16. The van der Waals surface area contributed by atoms with E-state index in [1.54, 1.807) is 0 Å². The minimum absolute atomic E-state index is 0.919. The number of hydrogen-bond donors (Lipinski definition) is 0.